The van der Waals surface area contributed by atoms with Gasteiger partial charge in [-0.1, -0.05) is 0 Å². The number of halogens is 1. The zero-order valence-corrected chi connectivity index (χ0v) is 11.6. The lowest BCUT2D eigenvalue weighted by molar-refractivity contribution is 0.122. The highest BCUT2D eigenvalue weighted by atomic mass is 79.9. The van der Waals surface area contributed by atoms with E-state index in [0.717, 1.165) is 48.8 Å². The molecule has 94 valence electrons. The van der Waals surface area contributed by atoms with Crippen molar-refractivity contribution < 1.29 is 4.74 Å². The van der Waals surface area contributed by atoms with Gasteiger partial charge in [-0.2, -0.15) is 0 Å². The highest BCUT2D eigenvalue weighted by molar-refractivity contribution is 9.10. The van der Waals surface area contributed by atoms with Crippen molar-refractivity contribution in [3.8, 4) is 0 Å². The second kappa shape index (κ2) is 7.09. The molecule has 1 heterocycles. The Bertz CT molecular complexity index is 325. The number of pyridine rings is 1. The Kier molecular flexibility index (Phi) is 5.42. The molecule has 0 aliphatic heterocycles. The zero-order chi connectivity index (χ0) is 11.9. The molecule has 1 saturated carbocycles. The third-order valence-electron chi connectivity index (χ3n) is 2.79. The van der Waals surface area contributed by atoms with Gasteiger partial charge in [-0.25, -0.2) is 0 Å². The van der Waals surface area contributed by atoms with Gasteiger partial charge in [-0.3, -0.25) is 4.98 Å². The number of nitrogens with one attached hydrogen (secondary N) is 1. The number of hydrogen-bond acceptors (Lipinski definition) is 3. The van der Waals surface area contributed by atoms with Crippen LogP contribution in [0, 0.1) is 5.92 Å². The molecule has 1 aromatic rings. The molecule has 1 fully saturated rings. The van der Waals surface area contributed by atoms with Crippen LogP contribution in [0.5, 0.6) is 0 Å². The van der Waals surface area contributed by atoms with Gasteiger partial charge in [-0.15, -0.1) is 0 Å². The van der Waals surface area contributed by atoms with Crippen LogP contribution in [-0.2, 0) is 11.3 Å². The Morgan fingerprint density at radius 2 is 2.29 bits per heavy atom. The maximum absolute atomic E-state index is 5.56. The molecular weight excluding hydrogens is 280 g/mol. The number of nitrogens with zero attached hydrogens (tertiary/aromatic N) is 1. The number of rotatable bonds is 8. The van der Waals surface area contributed by atoms with Crippen molar-refractivity contribution in [1.82, 2.24) is 10.3 Å². The maximum Gasteiger partial charge on any atom is 0.0542 e. The number of ether oxygens (including phenoxy) is 1. The highest BCUT2D eigenvalue weighted by Gasteiger charge is 2.20. The standard InChI is InChI=1S/C13H19BrN2O/c14-12-4-5-13(16-8-12)9-15-6-1-7-17-10-11-2-3-11/h4-5,8,11,15H,1-3,6-7,9-10H2. The lowest BCUT2D eigenvalue weighted by atomic mass is 10.3. The fourth-order valence-electron chi connectivity index (χ4n) is 1.56. The van der Waals surface area contributed by atoms with Gasteiger partial charge in [0, 0.05) is 30.4 Å². The molecule has 2 rings (SSSR count). The van der Waals surface area contributed by atoms with Crippen LogP contribution in [0.15, 0.2) is 22.8 Å². The normalized spacial score (nSPS) is 15.1. The zero-order valence-electron chi connectivity index (χ0n) is 9.99. The van der Waals surface area contributed by atoms with Crippen LogP contribution in [0.4, 0.5) is 0 Å². The quantitative estimate of drug-likeness (QED) is 0.750. The largest absolute Gasteiger partial charge is 0.381 e. The van der Waals surface area contributed by atoms with Gasteiger partial charge >= 0.3 is 0 Å². The molecule has 0 unspecified atom stereocenters. The molecule has 17 heavy (non-hydrogen) atoms. The Morgan fingerprint density at radius 1 is 1.41 bits per heavy atom. The monoisotopic (exact) mass is 298 g/mol. The van der Waals surface area contributed by atoms with Crippen LogP contribution in [-0.4, -0.2) is 24.7 Å². The minimum atomic E-state index is 0.829. The average Bonchev–Trinajstić information content (AvgIpc) is 3.14. The van der Waals surface area contributed by atoms with Crippen molar-refractivity contribution in [2.45, 2.75) is 25.8 Å². The van der Waals surface area contributed by atoms with E-state index in [-0.39, 0.29) is 0 Å². The summed E-state index contributed by atoms with van der Waals surface area (Å²) in [5, 5.41) is 3.37. The average molecular weight is 299 g/mol. The summed E-state index contributed by atoms with van der Waals surface area (Å²) in [7, 11) is 0. The molecule has 0 amide bonds. The molecule has 0 saturated heterocycles. The third kappa shape index (κ3) is 5.61. The van der Waals surface area contributed by atoms with Crippen molar-refractivity contribution >= 4 is 15.9 Å². The van der Waals surface area contributed by atoms with Gasteiger partial charge in [0.15, 0.2) is 0 Å². The van der Waals surface area contributed by atoms with Crippen LogP contribution in [0.3, 0.4) is 0 Å². The van der Waals surface area contributed by atoms with Crippen LogP contribution in [0.25, 0.3) is 0 Å². The van der Waals surface area contributed by atoms with Gasteiger partial charge in [0.1, 0.15) is 0 Å². The second-order valence-corrected chi connectivity index (χ2v) is 5.43. The van der Waals surface area contributed by atoms with E-state index in [9.17, 15) is 0 Å². The second-order valence-electron chi connectivity index (χ2n) is 4.52. The molecule has 0 spiro atoms. The summed E-state index contributed by atoms with van der Waals surface area (Å²) in [5.41, 5.74) is 1.08. The van der Waals surface area contributed by atoms with Gasteiger partial charge in [0.25, 0.3) is 0 Å². The van der Waals surface area contributed by atoms with E-state index >= 15 is 0 Å². The van der Waals surface area contributed by atoms with Gasteiger partial charge < -0.3 is 10.1 Å². The fraction of sp³-hybridized carbons (Fsp3) is 0.615. The van der Waals surface area contributed by atoms with E-state index < -0.39 is 0 Å². The van der Waals surface area contributed by atoms with Crippen LogP contribution >= 0.6 is 15.9 Å². The minimum absolute atomic E-state index is 0.829. The first-order valence-corrected chi connectivity index (χ1v) is 7.03. The van der Waals surface area contributed by atoms with Crippen molar-refractivity contribution in [3.63, 3.8) is 0 Å². The summed E-state index contributed by atoms with van der Waals surface area (Å²) in [6, 6.07) is 4.05. The first kappa shape index (κ1) is 13.0. The minimum Gasteiger partial charge on any atom is -0.381 e. The van der Waals surface area contributed by atoms with E-state index in [4.69, 9.17) is 4.74 Å². The summed E-state index contributed by atoms with van der Waals surface area (Å²) < 4.78 is 6.59. The maximum atomic E-state index is 5.56. The summed E-state index contributed by atoms with van der Waals surface area (Å²) in [5.74, 6) is 0.870. The summed E-state index contributed by atoms with van der Waals surface area (Å²) in [6.45, 7) is 3.66. The molecule has 0 aromatic carbocycles. The van der Waals surface area contributed by atoms with Crippen LogP contribution < -0.4 is 5.32 Å². The van der Waals surface area contributed by atoms with Crippen molar-refractivity contribution in [1.29, 1.82) is 0 Å². The Hall–Kier alpha value is -0.450. The third-order valence-corrected chi connectivity index (χ3v) is 3.26. The lowest BCUT2D eigenvalue weighted by Gasteiger charge is -2.05. The molecule has 1 aromatic heterocycles. The van der Waals surface area contributed by atoms with E-state index in [1.165, 1.54) is 12.8 Å². The number of hydrogen-bond donors (Lipinski definition) is 1. The van der Waals surface area contributed by atoms with Crippen LogP contribution in [0.1, 0.15) is 25.0 Å². The Morgan fingerprint density at radius 3 is 3.00 bits per heavy atom. The van der Waals surface area contributed by atoms with Gasteiger partial charge in [0.2, 0.25) is 0 Å². The molecule has 1 aliphatic carbocycles. The van der Waals surface area contributed by atoms with Crippen molar-refractivity contribution in [2.24, 2.45) is 5.92 Å². The van der Waals surface area contributed by atoms with E-state index in [0.29, 0.717) is 0 Å². The van der Waals surface area contributed by atoms with E-state index in [1.54, 1.807) is 0 Å². The summed E-state index contributed by atoms with van der Waals surface area (Å²) in [6.07, 6.45) is 5.64. The molecule has 0 bridgehead atoms. The molecule has 4 heteroatoms. The lowest BCUT2D eigenvalue weighted by Crippen LogP contribution is -2.17. The fourth-order valence-corrected chi connectivity index (χ4v) is 1.80. The van der Waals surface area contributed by atoms with Gasteiger partial charge in [-0.05, 0) is 59.8 Å². The van der Waals surface area contributed by atoms with Crippen LogP contribution in [0.2, 0.25) is 0 Å². The Balaban J connectivity index is 1.46. The topological polar surface area (TPSA) is 34.1 Å². The predicted molar refractivity (Wildman–Crippen MR) is 71.8 cm³/mol. The molecule has 1 aliphatic rings. The van der Waals surface area contributed by atoms with Crippen molar-refractivity contribution in [3.05, 3.63) is 28.5 Å². The van der Waals surface area contributed by atoms with Gasteiger partial charge in [0.05, 0.1) is 5.69 Å². The SMILES string of the molecule is Brc1ccc(CNCCCOCC2CC2)nc1. The first-order chi connectivity index (χ1) is 8.34. The Labute approximate surface area is 111 Å². The molecular formula is C13H19BrN2O. The molecule has 0 atom stereocenters. The number of aromatic nitrogens is 1. The highest BCUT2D eigenvalue weighted by Crippen LogP contribution is 2.28. The smallest absolute Gasteiger partial charge is 0.0542 e. The van der Waals surface area contributed by atoms with E-state index in [1.807, 2.05) is 18.3 Å². The summed E-state index contributed by atoms with van der Waals surface area (Å²) >= 11 is 3.37. The summed E-state index contributed by atoms with van der Waals surface area (Å²) in [4.78, 5) is 4.30. The van der Waals surface area contributed by atoms with Crippen molar-refractivity contribution in [2.75, 3.05) is 19.8 Å². The first-order valence-electron chi connectivity index (χ1n) is 6.23. The predicted octanol–water partition coefficient (Wildman–Crippen LogP) is 2.75. The molecule has 1 N–H and O–H groups in total. The molecule has 3 nitrogen and oxygen atoms in total. The molecule has 0 radical (unpaired) electrons. The van der Waals surface area contributed by atoms with E-state index in [2.05, 4.69) is 26.2 Å².